The highest BCUT2D eigenvalue weighted by molar-refractivity contribution is 6.34. The van der Waals surface area contributed by atoms with Gasteiger partial charge in [0.2, 0.25) is 0 Å². The molecule has 0 spiro atoms. The topological polar surface area (TPSA) is 72.9 Å². The molecular formula is C27H25NO5. The fourth-order valence-corrected chi connectivity index (χ4v) is 3.74. The number of rotatable bonds is 5. The lowest BCUT2D eigenvalue weighted by Crippen LogP contribution is -2.29. The number of fused-ring (bicyclic) bond motifs is 1. The Kier molecular flexibility index (Phi) is 5.77. The second kappa shape index (κ2) is 8.54. The number of imide groups is 1. The molecule has 6 nitrogen and oxygen atoms in total. The molecule has 0 N–H and O–H groups in total. The highest BCUT2D eigenvalue weighted by Gasteiger charge is 2.36. The molecule has 0 aromatic heterocycles. The van der Waals surface area contributed by atoms with Crippen molar-refractivity contribution in [3.63, 3.8) is 0 Å². The van der Waals surface area contributed by atoms with E-state index in [9.17, 15) is 14.4 Å². The minimum absolute atomic E-state index is 0.134. The number of ether oxygens (including phenoxy) is 2. The Morgan fingerprint density at radius 2 is 1.48 bits per heavy atom. The zero-order valence-electron chi connectivity index (χ0n) is 19.0. The van der Waals surface area contributed by atoms with E-state index in [4.69, 9.17) is 9.47 Å². The number of hydrogen-bond donors (Lipinski definition) is 0. The van der Waals surface area contributed by atoms with Crippen molar-refractivity contribution in [3.05, 3.63) is 89.0 Å². The molecular weight excluding hydrogens is 418 g/mol. The summed E-state index contributed by atoms with van der Waals surface area (Å²) in [6.45, 7) is 8.03. The van der Waals surface area contributed by atoms with E-state index in [1.807, 2.05) is 19.1 Å². The number of amides is 2. The first kappa shape index (κ1) is 22.3. The quantitative estimate of drug-likeness (QED) is 0.312. The molecule has 0 atom stereocenters. The van der Waals surface area contributed by atoms with Crippen LogP contribution in [0.5, 0.6) is 11.5 Å². The number of nitrogens with zero attached hydrogens (tertiary/aromatic N) is 1. The summed E-state index contributed by atoms with van der Waals surface area (Å²) in [5.41, 5.74) is 3.16. The lowest BCUT2D eigenvalue weighted by Gasteiger charge is -2.23. The third-order valence-corrected chi connectivity index (χ3v) is 5.41. The fraction of sp³-hybridized carbons (Fsp3) is 0.222. The molecule has 0 radical (unpaired) electrons. The molecule has 3 aromatic rings. The maximum absolute atomic E-state index is 12.6. The van der Waals surface area contributed by atoms with Gasteiger partial charge in [-0.3, -0.25) is 9.59 Å². The van der Waals surface area contributed by atoms with E-state index in [-0.39, 0.29) is 23.8 Å². The number of aryl methyl sites for hydroxylation is 1. The Labute approximate surface area is 192 Å². The molecule has 6 heteroatoms. The van der Waals surface area contributed by atoms with Crippen LogP contribution in [0.2, 0.25) is 0 Å². The van der Waals surface area contributed by atoms with E-state index >= 15 is 0 Å². The molecule has 4 rings (SSSR count). The fourth-order valence-electron chi connectivity index (χ4n) is 3.74. The predicted octanol–water partition coefficient (Wildman–Crippen LogP) is 5.08. The standard InChI is InChI=1S/C27H25NO5/c1-17-9-14-23(22(15-17)27(2,3)4)32-16-24(29)33-19-12-10-18(11-13-19)28-25(30)20-7-5-6-8-21(20)26(28)31/h5-15H,16H2,1-4H3. The van der Waals surface area contributed by atoms with E-state index in [1.54, 1.807) is 48.5 Å². The molecule has 0 bridgehead atoms. The Bertz CT molecular complexity index is 1200. The maximum Gasteiger partial charge on any atom is 0.349 e. The number of anilines is 1. The summed E-state index contributed by atoms with van der Waals surface area (Å²) in [4.78, 5) is 38.7. The molecule has 0 saturated heterocycles. The summed E-state index contributed by atoms with van der Waals surface area (Å²) in [7, 11) is 0. The normalized spacial score (nSPS) is 13.2. The maximum atomic E-state index is 12.6. The zero-order valence-corrected chi connectivity index (χ0v) is 19.0. The Morgan fingerprint density at radius 3 is 2.06 bits per heavy atom. The summed E-state index contributed by atoms with van der Waals surface area (Å²) in [5.74, 6) is -0.359. The minimum Gasteiger partial charge on any atom is -0.482 e. The van der Waals surface area contributed by atoms with E-state index < -0.39 is 5.97 Å². The second-order valence-electron chi connectivity index (χ2n) is 9.00. The van der Waals surface area contributed by atoms with Gasteiger partial charge in [0.25, 0.3) is 11.8 Å². The molecule has 2 amide bonds. The van der Waals surface area contributed by atoms with E-state index in [0.717, 1.165) is 16.0 Å². The SMILES string of the molecule is Cc1ccc(OCC(=O)Oc2ccc(N3C(=O)c4ccccc4C3=O)cc2)c(C(C)(C)C)c1. The third kappa shape index (κ3) is 4.51. The molecule has 0 aliphatic carbocycles. The van der Waals surface area contributed by atoms with Gasteiger partial charge in [0, 0.05) is 0 Å². The van der Waals surface area contributed by atoms with Crippen LogP contribution in [0.25, 0.3) is 0 Å². The highest BCUT2D eigenvalue weighted by Crippen LogP contribution is 2.32. The lowest BCUT2D eigenvalue weighted by atomic mass is 9.85. The van der Waals surface area contributed by atoms with Gasteiger partial charge < -0.3 is 9.47 Å². The minimum atomic E-state index is -0.552. The van der Waals surface area contributed by atoms with Gasteiger partial charge in [0.1, 0.15) is 11.5 Å². The van der Waals surface area contributed by atoms with Crippen LogP contribution in [0.1, 0.15) is 52.6 Å². The number of hydrogen-bond acceptors (Lipinski definition) is 5. The third-order valence-electron chi connectivity index (χ3n) is 5.41. The zero-order chi connectivity index (χ0) is 23.8. The van der Waals surface area contributed by atoms with Crippen LogP contribution in [0.3, 0.4) is 0 Å². The molecule has 0 saturated carbocycles. The molecule has 33 heavy (non-hydrogen) atoms. The van der Waals surface area contributed by atoms with Crippen molar-refractivity contribution in [1.29, 1.82) is 0 Å². The molecule has 168 valence electrons. The predicted molar refractivity (Wildman–Crippen MR) is 125 cm³/mol. The number of esters is 1. The van der Waals surface area contributed by atoms with E-state index in [2.05, 4.69) is 26.8 Å². The number of benzene rings is 3. The van der Waals surface area contributed by atoms with Gasteiger partial charge in [-0.1, -0.05) is 50.6 Å². The van der Waals surface area contributed by atoms with Crippen molar-refractivity contribution in [2.75, 3.05) is 11.5 Å². The summed E-state index contributed by atoms with van der Waals surface area (Å²) >= 11 is 0. The monoisotopic (exact) mass is 443 g/mol. The summed E-state index contributed by atoms with van der Waals surface area (Å²) in [5, 5.41) is 0. The Hall–Kier alpha value is -3.93. The molecule has 1 aliphatic rings. The Balaban J connectivity index is 1.41. The summed E-state index contributed by atoms with van der Waals surface area (Å²) in [6.07, 6.45) is 0. The lowest BCUT2D eigenvalue weighted by molar-refractivity contribution is -0.136. The van der Waals surface area contributed by atoms with Gasteiger partial charge in [0.05, 0.1) is 16.8 Å². The molecule has 0 unspecified atom stereocenters. The van der Waals surface area contributed by atoms with Gasteiger partial charge in [0.15, 0.2) is 6.61 Å². The van der Waals surface area contributed by atoms with Gasteiger partial charge >= 0.3 is 5.97 Å². The molecule has 1 aliphatic heterocycles. The van der Waals surface area contributed by atoms with Crippen LogP contribution < -0.4 is 14.4 Å². The van der Waals surface area contributed by atoms with Crippen LogP contribution in [-0.4, -0.2) is 24.4 Å². The van der Waals surface area contributed by atoms with Gasteiger partial charge in [-0.25, -0.2) is 9.69 Å². The molecule has 0 fully saturated rings. The highest BCUT2D eigenvalue weighted by atomic mass is 16.6. The molecule has 1 heterocycles. The van der Waals surface area contributed by atoms with Gasteiger partial charge in [-0.15, -0.1) is 0 Å². The number of carbonyl (C=O) groups excluding carboxylic acids is 3. The van der Waals surface area contributed by atoms with Crippen molar-refractivity contribution in [1.82, 2.24) is 0 Å². The van der Waals surface area contributed by atoms with E-state index in [1.165, 1.54) is 0 Å². The first-order valence-corrected chi connectivity index (χ1v) is 10.7. The number of carbonyl (C=O) groups is 3. The summed E-state index contributed by atoms with van der Waals surface area (Å²) in [6, 6.07) is 18.8. The van der Waals surface area contributed by atoms with Crippen molar-refractivity contribution in [2.45, 2.75) is 33.1 Å². The smallest absolute Gasteiger partial charge is 0.349 e. The van der Waals surface area contributed by atoms with Crippen molar-refractivity contribution >= 4 is 23.5 Å². The second-order valence-corrected chi connectivity index (χ2v) is 9.00. The summed E-state index contributed by atoms with van der Waals surface area (Å²) < 4.78 is 11.1. The van der Waals surface area contributed by atoms with Crippen LogP contribution in [-0.2, 0) is 10.2 Å². The van der Waals surface area contributed by atoms with Crippen molar-refractivity contribution < 1.29 is 23.9 Å². The first-order valence-electron chi connectivity index (χ1n) is 10.7. The van der Waals surface area contributed by atoms with Crippen LogP contribution in [0, 0.1) is 6.92 Å². The average molecular weight is 443 g/mol. The van der Waals surface area contributed by atoms with Crippen LogP contribution >= 0.6 is 0 Å². The molecule has 3 aromatic carbocycles. The van der Waals surface area contributed by atoms with Crippen LogP contribution in [0.4, 0.5) is 5.69 Å². The van der Waals surface area contributed by atoms with Crippen LogP contribution in [0.15, 0.2) is 66.7 Å². The van der Waals surface area contributed by atoms with E-state index in [0.29, 0.717) is 28.3 Å². The van der Waals surface area contributed by atoms with Gasteiger partial charge in [-0.2, -0.15) is 0 Å². The van der Waals surface area contributed by atoms with Gasteiger partial charge in [-0.05, 0) is 60.4 Å². The Morgan fingerprint density at radius 1 is 0.879 bits per heavy atom. The average Bonchev–Trinajstić information content (AvgIpc) is 3.03. The first-order chi connectivity index (χ1) is 15.6. The largest absolute Gasteiger partial charge is 0.482 e. The van der Waals surface area contributed by atoms with Crippen molar-refractivity contribution in [2.24, 2.45) is 0 Å². The van der Waals surface area contributed by atoms with Crippen molar-refractivity contribution in [3.8, 4) is 11.5 Å².